The number of guanidine groups is 1. The molecule has 1 aromatic rings. The Morgan fingerprint density at radius 2 is 2.00 bits per heavy atom. The van der Waals surface area contributed by atoms with Crippen LogP contribution in [0.5, 0.6) is 0 Å². The summed E-state index contributed by atoms with van der Waals surface area (Å²) in [5, 5.41) is 7.13. The number of aliphatic imine (C=N–C) groups is 1. The van der Waals surface area contributed by atoms with E-state index in [2.05, 4.69) is 74.6 Å². The topological polar surface area (TPSA) is 48.9 Å². The van der Waals surface area contributed by atoms with Gasteiger partial charge in [-0.05, 0) is 30.9 Å². The van der Waals surface area contributed by atoms with Gasteiger partial charge in [0.25, 0.3) is 0 Å². The van der Waals surface area contributed by atoms with E-state index in [9.17, 15) is 0 Å². The highest BCUT2D eigenvalue weighted by molar-refractivity contribution is 9.10. The highest BCUT2D eigenvalue weighted by Gasteiger charge is 2.24. The molecule has 5 nitrogen and oxygen atoms in total. The van der Waals surface area contributed by atoms with Crippen molar-refractivity contribution in [3.05, 3.63) is 34.3 Å². The van der Waals surface area contributed by atoms with Crippen molar-refractivity contribution < 1.29 is 4.74 Å². The van der Waals surface area contributed by atoms with E-state index in [4.69, 9.17) is 4.74 Å². The van der Waals surface area contributed by atoms with Crippen molar-refractivity contribution >= 4 is 21.9 Å². The normalized spacial score (nSPS) is 17.1. The van der Waals surface area contributed by atoms with Crippen molar-refractivity contribution in [2.45, 2.75) is 44.6 Å². The molecule has 0 amide bonds. The van der Waals surface area contributed by atoms with E-state index in [1.54, 1.807) is 7.11 Å². The molecule has 1 fully saturated rings. The van der Waals surface area contributed by atoms with Gasteiger partial charge in [-0.2, -0.15) is 0 Å². The fraction of sp³-hybridized carbons (Fsp3) is 0.667. The minimum Gasteiger partial charge on any atom is -0.385 e. The first-order valence-electron chi connectivity index (χ1n) is 9.90. The number of ether oxygens (including phenoxy) is 1. The summed E-state index contributed by atoms with van der Waals surface area (Å²) < 4.78 is 6.30. The first-order valence-corrected chi connectivity index (χ1v) is 10.7. The molecule has 1 heterocycles. The summed E-state index contributed by atoms with van der Waals surface area (Å²) in [4.78, 5) is 6.96. The molecule has 2 N–H and O–H groups in total. The predicted octanol–water partition coefficient (Wildman–Crippen LogP) is 3.39. The van der Waals surface area contributed by atoms with E-state index in [1.807, 2.05) is 7.05 Å². The molecule has 1 saturated heterocycles. The second kappa shape index (κ2) is 11.0. The summed E-state index contributed by atoms with van der Waals surface area (Å²) in [6, 6.07) is 8.92. The van der Waals surface area contributed by atoms with Crippen LogP contribution >= 0.6 is 15.9 Å². The summed E-state index contributed by atoms with van der Waals surface area (Å²) in [6.45, 7) is 9.60. The van der Waals surface area contributed by atoms with Crippen LogP contribution in [0.25, 0.3) is 0 Å². The monoisotopic (exact) mass is 438 g/mol. The fourth-order valence-electron chi connectivity index (χ4n) is 3.53. The number of benzene rings is 1. The van der Waals surface area contributed by atoms with Crippen molar-refractivity contribution in [2.75, 3.05) is 46.9 Å². The van der Waals surface area contributed by atoms with Crippen LogP contribution in [-0.2, 0) is 10.2 Å². The predicted molar refractivity (Wildman–Crippen MR) is 118 cm³/mol. The number of nitrogens with zero attached hydrogens (tertiary/aromatic N) is 2. The van der Waals surface area contributed by atoms with Crippen LogP contribution in [0.2, 0.25) is 0 Å². The molecule has 0 atom stereocenters. The molecular weight excluding hydrogens is 404 g/mol. The van der Waals surface area contributed by atoms with E-state index in [0.717, 1.165) is 62.5 Å². The number of hydrogen-bond acceptors (Lipinski definition) is 3. The van der Waals surface area contributed by atoms with Crippen LogP contribution in [0.1, 0.15) is 38.7 Å². The number of rotatable bonds is 8. The summed E-state index contributed by atoms with van der Waals surface area (Å²) in [5.41, 5.74) is 1.31. The van der Waals surface area contributed by atoms with Crippen LogP contribution in [0.4, 0.5) is 0 Å². The Kier molecular flexibility index (Phi) is 9.06. The Balaban J connectivity index is 1.79. The minimum atomic E-state index is 0.00241. The molecule has 1 aliphatic heterocycles. The lowest BCUT2D eigenvalue weighted by Crippen LogP contribution is -2.50. The Labute approximate surface area is 173 Å². The third kappa shape index (κ3) is 7.09. The zero-order valence-corrected chi connectivity index (χ0v) is 18.8. The lowest BCUT2D eigenvalue weighted by Gasteiger charge is -2.34. The van der Waals surface area contributed by atoms with Crippen LogP contribution < -0.4 is 10.6 Å². The second-order valence-electron chi connectivity index (χ2n) is 7.90. The Bertz CT molecular complexity index is 598. The SMILES string of the molecule is CN=C(NCC(C)(C)c1ccccc1Br)NC1CCN(CCCOC)CC1. The fourth-order valence-corrected chi connectivity index (χ4v) is 4.35. The first kappa shape index (κ1) is 22.2. The Hall–Kier alpha value is -1.11. The van der Waals surface area contributed by atoms with Gasteiger partial charge in [0, 0.05) is 62.9 Å². The van der Waals surface area contributed by atoms with E-state index in [-0.39, 0.29) is 5.41 Å². The van der Waals surface area contributed by atoms with E-state index in [1.165, 1.54) is 5.56 Å². The van der Waals surface area contributed by atoms with Gasteiger partial charge in [-0.3, -0.25) is 4.99 Å². The summed E-state index contributed by atoms with van der Waals surface area (Å²) >= 11 is 3.68. The van der Waals surface area contributed by atoms with E-state index in [0.29, 0.717) is 6.04 Å². The highest BCUT2D eigenvalue weighted by atomic mass is 79.9. The summed E-state index contributed by atoms with van der Waals surface area (Å²) in [6.07, 6.45) is 3.42. The molecule has 6 heteroatoms. The number of likely N-dealkylation sites (tertiary alicyclic amines) is 1. The van der Waals surface area contributed by atoms with Crippen molar-refractivity contribution in [1.82, 2.24) is 15.5 Å². The number of methoxy groups -OCH3 is 1. The van der Waals surface area contributed by atoms with E-state index >= 15 is 0 Å². The summed E-state index contributed by atoms with van der Waals surface area (Å²) in [7, 11) is 3.62. The zero-order valence-electron chi connectivity index (χ0n) is 17.2. The van der Waals surface area contributed by atoms with Gasteiger partial charge in [-0.25, -0.2) is 0 Å². The third-order valence-electron chi connectivity index (χ3n) is 5.28. The molecule has 1 aromatic carbocycles. The minimum absolute atomic E-state index is 0.00241. The van der Waals surface area contributed by atoms with Crippen molar-refractivity contribution in [3.8, 4) is 0 Å². The van der Waals surface area contributed by atoms with Gasteiger partial charge in [0.15, 0.2) is 5.96 Å². The molecular formula is C21H35BrN4O. The van der Waals surface area contributed by atoms with Gasteiger partial charge >= 0.3 is 0 Å². The number of hydrogen-bond donors (Lipinski definition) is 2. The smallest absolute Gasteiger partial charge is 0.191 e. The Morgan fingerprint density at radius 1 is 1.30 bits per heavy atom. The molecule has 0 aliphatic carbocycles. The van der Waals surface area contributed by atoms with Gasteiger partial charge in [-0.1, -0.05) is 48.0 Å². The number of halogens is 1. The molecule has 0 spiro atoms. The maximum Gasteiger partial charge on any atom is 0.191 e. The van der Waals surface area contributed by atoms with Crippen molar-refractivity contribution in [1.29, 1.82) is 0 Å². The molecule has 152 valence electrons. The van der Waals surface area contributed by atoms with Gasteiger partial charge in [-0.15, -0.1) is 0 Å². The average molecular weight is 439 g/mol. The average Bonchev–Trinajstić information content (AvgIpc) is 2.66. The zero-order chi connectivity index (χ0) is 19.7. The lowest BCUT2D eigenvalue weighted by atomic mass is 9.84. The molecule has 27 heavy (non-hydrogen) atoms. The molecule has 2 rings (SSSR count). The van der Waals surface area contributed by atoms with Gasteiger partial charge in [0.2, 0.25) is 0 Å². The molecule has 0 aromatic heterocycles. The molecule has 1 aliphatic rings. The third-order valence-corrected chi connectivity index (χ3v) is 5.97. The summed E-state index contributed by atoms with van der Waals surface area (Å²) in [5.74, 6) is 0.896. The molecule has 0 saturated carbocycles. The first-order chi connectivity index (χ1) is 13.0. The molecule has 0 unspecified atom stereocenters. The Morgan fingerprint density at radius 3 is 2.63 bits per heavy atom. The largest absolute Gasteiger partial charge is 0.385 e. The standard InChI is InChI=1S/C21H35BrN4O/c1-21(2,18-8-5-6-9-19(18)22)16-24-20(23-3)25-17-10-13-26(14-11-17)12-7-15-27-4/h5-6,8-9,17H,7,10-16H2,1-4H3,(H2,23,24,25). The maximum atomic E-state index is 5.15. The highest BCUT2D eigenvalue weighted by Crippen LogP contribution is 2.29. The molecule has 0 bridgehead atoms. The lowest BCUT2D eigenvalue weighted by molar-refractivity contribution is 0.155. The molecule has 0 radical (unpaired) electrons. The second-order valence-corrected chi connectivity index (χ2v) is 8.75. The van der Waals surface area contributed by atoms with Crippen LogP contribution in [0.3, 0.4) is 0 Å². The quantitative estimate of drug-likeness (QED) is 0.371. The van der Waals surface area contributed by atoms with Crippen LogP contribution in [0, 0.1) is 0 Å². The van der Waals surface area contributed by atoms with Crippen molar-refractivity contribution in [3.63, 3.8) is 0 Å². The number of piperidine rings is 1. The van der Waals surface area contributed by atoms with Crippen molar-refractivity contribution in [2.24, 2.45) is 4.99 Å². The van der Waals surface area contributed by atoms with Gasteiger partial charge in [0.05, 0.1) is 0 Å². The maximum absolute atomic E-state index is 5.15. The van der Waals surface area contributed by atoms with E-state index < -0.39 is 0 Å². The van der Waals surface area contributed by atoms with Gasteiger partial charge in [0.1, 0.15) is 0 Å². The van der Waals surface area contributed by atoms with Crippen LogP contribution in [0.15, 0.2) is 33.7 Å². The van der Waals surface area contributed by atoms with Crippen LogP contribution in [-0.4, -0.2) is 63.8 Å². The van der Waals surface area contributed by atoms with Gasteiger partial charge < -0.3 is 20.3 Å². The number of nitrogens with one attached hydrogen (secondary N) is 2.